The van der Waals surface area contributed by atoms with Crippen molar-refractivity contribution in [2.24, 2.45) is 23.5 Å². The van der Waals surface area contributed by atoms with Crippen LogP contribution in [0.3, 0.4) is 0 Å². The van der Waals surface area contributed by atoms with E-state index in [9.17, 15) is 4.79 Å². The van der Waals surface area contributed by atoms with E-state index in [4.69, 9.17) is 5.73 Å². The standard InChI is InChI=1S/C17H32N2O/c1-2-6-14-7-5-11-19(12-10-14)17(20)16-9-4-3-8-15(16)13-18/h14-16H,2-13,18H2,1H3. The van der Waals surface area contributed by atoms with Crippen molar-refractivity contribution >= 4 is 5.91 Å². The number of hydrogen-bond acceptors (Lipinski definition) is 2. The molecule has 0 aromatic carbocycles. The van der Waals surface area contributed by atoms with Gasteiger partial charge in [0.05, 0.1) is 0 Å². The summed E-state index contributed by atoms with van der Waals surface area (Å²) in [5, 5.41) is 0. The predicted molar refractivity (Wildman–Crippen MR) is 83.3 cm³/mol. The Hall–Kier alpha value is -0.570. The summed E-state index contributed by atoms with van der Waals surface area (Å²) in [6.07, 6.45) is 11.0. The SMILES string of the molecule is CCCC1CCCN(C(=O)C2CCCCC2CN)CC1. The zero-order valence-electron chi connectivity index (χ0n) is 13.2. The molecule has 2 fully saturated rings. The van der Waals surface area contributed by atoms with Gasteiger partial charge in [-0.1, -0.05) is 32.6 Å². The van der Waals surface area contributed by atoms with E-state index in [1.165, 1.54) is 44.9 Å². The molecule has 0 radical (unpaired) electrons. The lowest BCUT2D eigenvalue weighted by Crippen LogP contribution is -2.42. The Labute approximate surface area is 124 Å². The van der Waals surface area contributed by atoms with E-state index in [1.54, 1.807) is 0 Å². The smallest absolute Gasteiger partial charge is 0.226 e. The second-order valence-electron chi connectivity index (χ2n) is 6.80. The van der Waals surface area contributed by atoms with Crippen LogP contribution in [0.15, 0.2) is 0 Å². The molecule has 2 rings (SSSR count). The molecule has 1 aliphatic heterocycles. The molecule has 2 aliphatic rings. The van der Waals surface area contributed by atoms with Gasteiger partial charge in [0.15, 0.2) is 0 Å². The summed E-state index contributed by atoms with van der Waals surface area (Å²) >= 11 is 0. The fourth-order valence-corrected chi connectivity index (χ4v) is 4.13. The summed E-state index contributed by atoms with van der Waals surface area (Å²) in [6.45, 7) is 4.91. The van der Waals surface area contributed by atoms with Gasteiger partial charge in [-0.05, 0) is 50.5 Å². The molecule has 1 aliphatic carbocycles. The third-order valence-electron chi connectivity index (χ3n) is 5.39. The maximum absolute atomic E-state index is 12.8. The van der Waals surface area contributed by atoms with Crippen molar-refractivity contribution in [2.75, 3.05) is 19.6 Å². The molecule has 20 heavy (non-hydrogen) atoms. The van der Waals surface area contributed by atoms with Gasteiger partial charge >= 0.3 is 0 Å². The van der Waals surface area contributed by atoms with E-state index in [1.807, 2.05) is 0 Å². The number of carbonyl (C=O) groups is 1. The van der Waals surface area contributed by atoms with Gasteiger partial charge in [0.1, 0.15) is 0 Å². The first kappa shape index (κ1) is 15.8. The summed E-state index contributed by atoms with van der Waals surface area (Å²) in [4.78, 5) is 15.0. The minimum absolute atomic E-state index is 0.219. The number of likely N-dealkylation sites (tertiary alicyclic amines) is 1. The van der Waals surface area contributed by atoms with E-state index in [2.05, 4.69) is 11.8 Å². The number of nitrogens with zero attached hydrogens (tertiary/aromatic N) is 1. The lowest BCUT2D eigenvalue weighted by atomic mass is 9.78. The van der Waals surface area contributed by atoms with Crippen LogP contribution < -0.4 is 5.73 Å². The van der Waals surface area contributed by atoms with E-state index >= 15 is 0 Å². The maximum Gasteiger partial charge on any atom is 0.226 e. The molecular weight excluding hydrogens is 248 g/mol. The third-order valence-corrected chi connectivity index (χ3v) is 5.39. The summed E-state index contributed by atoms with van der Waals surface area (Å²) in [6, 6.07) is 0. The van der Waals surface area contributed by atoms with Gasteiger partial charge in [-0.25, -0.2) is 0 Å². The van der Waals surface area contributed by atoms with Gasteiger partial charge < -0.3 is 10.6 Å². The van der Waals surface area contributed by atoms with Crippen LogP contribution in [-0.2, 0) is 4.79 Å². The van der Waals surface area contributed by atoms with Gasteiger partial charge in [0.25, 0.3) is 0 Å². The Morgan fingerprint density at radius 1 is 1.10 bits per heavy atom. The molecular formula is C17H32N2O. The lowest BCUT2D eigenvalue weighted by Gasteiger charge is -2.34. The predicted octanol–water partition coefficient (Wildman–Crippen LogP) is 3.18. The Balaban J connectivity index is 1.91. The molecule has 1 saturated heterocycles. The fourth-order valence-electron chi connectivity index (χ4n) is 4.13. The summed E-state index contributed by atoms with van der Waals surface area (Å²) in [5.74, 6) is 1.91. The number of carbonyl (C=O) groups excluding carboxylic acids is 1. The number of amides is 1. The Bertz CT molecular complexity index is 305. The molecule has 0 bridgehead atoms. The molecule has 116 valence electrons. The number of hydrogen-bond donors (Lipinski definition) is 1. The molecule has 3 nitrogen and oxygen atoms in total. The first-order chi connectivity index (χ1) is 9.76. The van der Waals surface area contributed by atoms with E-state index < -0.39 is 0 Å². The van der Waals surface area contributed by atoms with Gasteiger partial charge in [-0.15, -0.1) is 0 Å². The van der Waals surface area contributed by atoms with E-state index in [-0.39, 0.29) is 5.92 Å². The zero-order valence-corrected chi connectivity index (χ0v) is 13.2. The van der Waals surface area contributed by atoms with Gasteiger partial charge in [-0.2, -0.15) is 0 Å². The van der Waals surface area contributed by atoms with Gasteiger partial charge in [-0.3, -0.25) is 4.79 Å². The Kier molecular flexibility index (Phi) is 6.34. The lowest BCUT2D eigenvalue weighted by molar-refractivity contribution is -0.138. The van der Waals surface area contributed by atoms with Crippen LogP contribution in [0.1, 0.15) is 64.7 Å². The van der Waals surface area contributed by atoms with Crippen LogP contribution in [-0.4, -0.2) is 30.4 Å². The molecule has 3 heteroatoms. The van der Waals surface area contributed by atoms with Gasteiger partial charge in [0, 0.05) is 19.0 Å². The normalized spacial score (nSPS) is 31.9. The van der Waals surface area contributed by atoms with Crippen molar-refractivity contribution in [3.05, 3.63) is 0 Å². The van der Waals surface area contributed by atoms with Crippen molar-refractivity contribution < 1.29 is 4.79 Å². The third kappa shape index (κ3) is 3.97. The molecule has 3 atom stereocenters. The quantitative estimate of drug-likeness (QED) is 0.859. The minimum Gasteiger partial charge on any atom is -0.342 e. The van der Waals surface area contributed by atoms with Crippen molar-refractivity contribution in [1.82, 2.24) is 4.90 Å². The number of nitrogens with two attached hydrogens (primary N) is 1. The summed E-state index contributed by atoms with van der Waals surface area (Å²) < 4.78 is 0. The second-order valence-corrected chi connectivity index (χ2v) is 6.80. The molecule has 1 amide bonds. The highest BCUT2D eigenvalue weighted by Crippen LogP contribution is 2.32. The molecule has 0 aromatic heterocycles. The molecule has 3 unspecified atom stereocenters. The first-order valence-electron chi connectivity index (χ1n) is 8.75. The summed E-state index contributed by atoms with van der Waals surface area (Å²) in [7, 11) is 0. The molecule has 0 aromatic rings. The first-order valence-corrected chi connectivity index (χ1v) is 8.75. The van der Waals surface area contributed by atoms with Crippen LogP contribution in [0, 0.1) is 17.8 Å². The molecule has 1 saturated carbocycles. The average molecular weight is 280 g/mol. The van der Waals surface area contributed by atoms with Gasteiger partial charge in [0.2, 0.25) is 5.91 Å². The van der Waals surface area contributed by atoms with E-state index in [0.717, 1.165) is 31.8 Å². The average Bonchev–Trinajstić information content (AvgIpc) is 2.72. The molecule has 0 spiro atoms. The molecule has 2 N–H and O–H groups in total. The van der Waals surface area contributed by atoms with Crippen molar-refractivity contribution in [1.29, 1.82) is 0 Å². The van der Waals surface area contributed by atoms with Crippen LogP contribution in [0.5, 0.6) is 0 Å². The Morgan fingerprint density at radius 2 is 1.90 bits per heavy atom. The van der Waals surface area contributed by atoms with E-state index in [0.29, 0.717) is 18.4 Å². The largest absolute Gasteiger partial charge is 0.342 e. The molecule has 1 heterocycles. The highest BCUT2D eigenvalue weighted by Gasteiger charge is 2.33. The second kappa shape index (κ2) is 8.02. The van der Waals surface area contributed by atoms with Crippen molar-refractivity contribution in [3.63, 3.8) is 0 Å². The minimum atomic E-state index is 0.219. The van der Waals surface area contributed by atoms with Crippen LogP contribution in [0.2, 0.25) is 0 Å². The Morgan fingerprint density at radius 3 is 2.65 bits per heavy atom. The van der Waals surface area contributed by atoms with Crippen molar-refractivity contribution in [2.45, 2.75) is 64.7 Å². The highest BCUT2D eigenvalue weighted by atomic mass is 16.2. The van der Waals surface area contributed by atoms with Crippen LogP contribution in [0.4, 0.5) is 0 Å². The monoisotopic (exact) mass is 280 g/mol. The zero-order chi connectivity index (χ0) is 14.4. The highest BCUT2D eigenvalue weighted by molar-refractivity contribution is 5.79. The van der Waals surface area contributed by atoms with Crippen molar-refractivity contribution in [3.8, 4) is 0 Å². The van der Waals surface area contributed by atoms with Crippen LogP contribution >= 0.6 is 0 Å². The number of rotatable bonds is 4. The maximum atomic E-state index is 12.8. The van der Waals surface area contributed by atoms with Crippen LogP contribution in [0.25, 0.3) is 0 Å². The fraction of sp³-hybridized carbons (Fsp3) is 0.941. The summed E-state index contributed by atoms with van der Waals surface area (Å²) in [5.41, 5.74) is 5.88. The topological polar surface area (TPSA) is 46.3 Å².